The zero-order valence-electron chi connectivity index (χ0n) is 20.6. The summed E-state index contributed by atoms with van der Waals surface area (Å²) in [4.78, 5) is 24.9. The summed E-state index contributed by atoms with van der Waals surface area (Å²) in [6.07, 6.45) is 1.89. The topological polar surface area (TPSA) is 124 Å². The third-order valence-electron chi connectivity index (χ3n) is 7.76. The second-order valence-corrected chi connectivity index (χ2v) is 9.49. The van der Waals surface area contributed by atoms with Crippen molar-refractivity contribution in [2.75, 3.05) is 60.8 Å². The van der Waals surface area contributed by atoms with Crippen LogP contribution in [0.4, 0.5) is 0 Å². The normalized spacial score (nSPS) is 30.1. The predicted molar refractivity (Wildman–Crippen MR) is 124 cm³/mol. The maximum atomic E-state index is 12.7. The lowest BCUT2D eigenvalue weighted by molar-refractivity contribution is -0.185. The average molecular weight is 494 g/mol. The molecule has 2 bridgehead atoms. The van der Waals surface area contributed by atoms with E-state index in [1.807, 2.05) is 6.07 Å². The summed E-state index contributed by atoms with van der Waals surface area (Å²) in [7, 11) is 5.28. The van der Waals surface area contributed by atoms with Crippen molar-refractivity contribution in [1.29, 1.82) is 0 Å². The number of ether oxygens (including phenoxy) is 5. The molecule has 0 unspecified atom stereocenters. The number of piperidine rings is 1. The molecule has 194 valence electrons. The molecule has 4 aliphatic rings. The summed E-state index contributed by atoms with van der Waals surface area (Å²) in [6, 6.07) is 4.05. The number of likely N-dealkylation sites (tertiary alicyclic amines) is 1. The summed E-state index contributed by atoms with van der Waals surface area (Å²) in [5.41, 5.74) is 0.737. The Labute approximate surface area is 205 Å². The summed E-state index contributed by atoms with van der Waals surface area (Å²) in [5.74, 6) is 0.503. The van der Waals surface area contributed by atoms with E-state index in [-0.39, 0.29) is 18.4 Å². The molecule has 2 aliphatic heterocycles. The van der Waals surface area contributed by atoms with Crippen LogP contribution in [-0.4, -0.2) is 105 Å². The highest BCUT2D eigenvalue weighted by Crippen LogP contribution is 2.64. The van der Waals surface area contributed by atoms with Crippen LogP contribution in [0, 0.1) is 0 Å². The summed E-state index contributed by atoms with van der Waals surface area (Å²) < 4.78 is 26.1. The highest BCUT2D eigenvalue weighted by Gasteiger charge is 2.72. The Morgan fingerprint density at radius 2 is 1.91 bits per heavy atom. The van der Waals surface area contributed by atoms with E-state index in [0.29, 0.717) is 50.8 Å². The van der Waals surface area contributed by atoms with Crippen molar-refractivity contribution >= 4 is 11.8 Å². The second kappa shape index (κ2) is 10.4. The summed E-state index contributed by atoms with van der Waals surface area (Å²) >= 11 is 0. The fourth-order valence-electron chi connectivity index (χ4n) is 6.21. The molecule has 0 amide bonds. The standard InChI is InChI=1S/C18H21NO4.C7H14O5/c1-19-8-7-17-14-10-3-4-12(22-2)15(14)23-16(17)11(20)5-6-18(17,21)13(19)9-10;1-10-2-3-11-4-5-12-6-7(8)9/h3-4,13,16,21H,5-9H2,1-2H3;2-6H2,1H3,(H,8,9)/t13-,16+,17+,18-;/m1./s1. The SMILES string of the molecule is COCCOCCOCC(=O)O.COc1ccc2c3c1O[C@H]1C(=O)CC[C@@]4(O)[C@@H](C2)N(C)CC[C@]314. The largest absolute Gasteiger partial charge is 0.493 e. The van der Waals surface area contributed by atoms with Crippen LogP contribution in [0.1, 0.15) is 30.4 Å². The zero-order valence-corrected chi connectivity index (χ0v) is 20.6. The molecule has 0 radical (unpaired) electrons. The molecular weight excluding hydrogens is 458 g/mol. The van der Waals surface area contributed by atoms with Gasteiger partial charge in [-0.15, -0.1) is 0 Å². The molecule has 2 aliphatic carbocycles. The maximum absolute atomic E-state index is 12.7. The summed E-state index contributed by atoms with van der Waals surface area (Å²) in [5, 5.41) is 19.9. The van der Waals surface area contributed by atoms with Gasteiger partial charge in [0.2, 0.25) is 0 Å². The van der Waals surface area contributed by atoms with Crippen molar-refractivity contribution in [3.05, 3.63) is 23.3 Å². The van der Waals surface area contributed by atoms with Crippen molar-refractivity contribution in [3.8, 4) is 11.5 Å². The van der Waals surface area contributed by atoms with E-state index in [4.69, 9.17) is 28.8 Å². The molecule has 10 heteroatoms. The van der Waals surface area contributed by atoms with E-state index in [0.717, 1.165) is 24.9 Å². The van der Waals surface area contributed by atoms with Gasteiger partial charge in [-0.1, -0.05) is 6.07 Å². The van der Waals surface area contributed by atoms with Gasteiger partial charge in [0.15, 0.2) is 23.4 Å². The molecule has 1 aromatic rings. The van der Waals surface area contributed by atoms with Gasteiger partial charge < -0.3 is 38.8 Å². The Morgan fingerprint density at radius 3 is 2.63 bits per heavy atom. The Balaban J connectivity index is 0.000000207. The molecule has 5 rings (SSSR count). The molecule has 2 N–H and O–H groups in total. The Morgan fingerprint density at radius 1 is 1.17 bits per heavy atom. The van der Waals surface area contributed by atoms with E-state index in [1.54, 1.807) is 14.2 Å². The molecule has 35 heavy (non-hydrogen) atoms. The number of carbonyl (C=O) groups excluding carboxylic acids is 1. The molecule has 2 fully saturated rings. The molecule has 1 spiro atoms. The van der Waals surface area contributed by atoms with E-state index in [2.05, 4.69) is 18.0 Å². The van der Waals surface area contributed by atoms with Crippen LogP contribution in [0.5, 0.6) is 11.5 Å². The molecule has 1 saturated carbocycles. The van der Waals surface area contributed by atoms with E-state index in [1.165, 1.54) is 5.56 Å². The Hall–Kier alpha value is -2.24. The maximum Gasteiger partial charge on any atom is 0.329 e. The number of hydrogen-bond donors (Lipinski definition) is 2. The van der Waals surface area contributed by atoms with Gasteiger partial charge in [-0.25, -0.2) is 4.79 Å². The predicted octanol–water partition coefficient (Wildman–Crippen LogP) is 0.799. The lowest BCUT2D eigenvalue weighted by Gasteiger charge is -2.62. The number of aliphatic hydroxyl groups is 1. The molecule has 0 aromatic heterocycles. The lowest BCUT2D eigenvalue weighted by Crippen LogP contribution is -2.76. The van der Waals surface area contributed by atoms with Gasteiger partial charge in [-0.2, -0.15) is 0 Å². The minimum absolute atomic E-state index is 0.0438. The molecule has 4 atom stereocenters. The van der Waals surface area contributed by atoms with Gasteiger partial charge in [-0.05, 0) is 44.5 Å². The number of aliphatic carboxylic acids is 1. The van der Waals surface area contributed by atoms with Crippen LogP contribution in [0.3, 0.4) is 0 Å². The van der Waals surface area contributed by atoms with Gasteiger partial charge in [0.1, 0.15) is 6.61 Å². The van der Waals surface area contributed by atoms with Crippen LogP contribution in [-0.2, 0) is 35.6 Å². The highest BCUT2D eigenvalue weighted by molar-refractivity contribution is 5.90. The molecule has 1 aromatic carbocycles. The average Bonchev–Trinajstić information content (AvgIpc) is 3.19. The summed E-state index contributed by atoms with van der Waals surface area (Å²) in [6.45, 7) is 2.35. The Bertz CT molecular complexity index is 953. The number of nitrogens with zero attached hydrogens (tertiary/aromatic N) is 1. The first kappa shape index (κ1) is 25.8. The molecule has 10 nitrogen and oxygen atoms in total. The fourth-order valence-corrected chi connectivity index (χ4v) is 6.21. The Kier molecular flexibility index (Phi) is 7.68. The molecular formula is C25H35NO9. The number of benzene rings is 1. The van der Waals surface area contributed by atoms with Crippen LogP contribution < -0.4 is 9.47 Å². The lowest BCUT2D eigenvalue weighted by atomic mass is 9.49. The smallest absolute Gasteiger partial charge is 0.329 e. The van der Waals surface area contributed by atoms with E-state index < -0.39 is 23.1 Å². The van der Waals surface area contributed by atoms with Gasteiger partial charge in [0, 0.05) is 25.1 Å². The van der Waals surface area contributed by atoms with Crippen LogP contribution in [0.25, 0.3) is 0 Å². The third kappa shape index (κ3) is 4.31. The number of carboxylic acid groups (broad SMARTS) is 1. The number of methoxy groups -OCH3 is 2. The third-order valence-corrected chi connectivity index (χ3v) is 7.76. The van der Waals surface area contributed by atoms with Crippen molar-refractivity contribution in [2.24, 2.45) is 0 Å². The molecule has 1 saturated heterocycles. The van der Waals surface area contributed by atoms with Gasteiger partial charge in [0.05, 0.1) is 44.6 Å². The number of carbonyl (C=O) groups is 2. The van der Waals surface area contributed by atoms with Crippen molar-refractivity contribution < 1.29 is 43.5 Å². The first-order valence-electron chi connectivity index (χ1n) is 12.0. The van der Waals surface area contributed by atoms with Crippen molar-refractivity contribution in [1.82, 2.24) is 4.90 Å². The van der Waals surface area contributed by atoms with Crippen LogP contribution in [0.15, 0.2) is 12.1 Å². The number of rotatable bonds is 9. The first-order valence-corrected chi connectivity index (χ1v) is 12.0. The second-order valence-electron chi connectivity index (χ2n) is 9.49. The fraction of sp³-hybridized carbons (Fsp3) is 0.680. The first-order chi connectivity index (χ1) is 16.8. The van der Waals surface area contributed by atoms with Crippen molar-refractivity contribution in [2.45, 2.75) is 48.8 Å². The van der Waals surface area contributed by atoms with Crippen LogP contribution in [0.2, 0.25) is 0 Å². The highest BCUT2D eigenvalue weighted by atomic mass is 16.5. The van der Waals surface area contributed by atoms with Crippen molar-refractivity contribution in [3.63, 3.8) is 0 Å². The van der Waals surface area contributed by atoms with Crippen LogP contribution >= 0.6 is 0 Å². The monoisotopic (exact) mass is 493 g/mol. The zero-order chi connectivity index (χ0) is 25.2. The number of ketones is 1. The molecule has 2 heterocycles. The van der Waals surface area contributed by atoms with Gasteiger partial charge >= 0.3 is 5.97 Å². The minimum atomic E-state index is -0.966. The number of carboxylic acids is 1. The van der Waals surface area contributed by atoms with Gasteiger partial charge in [0.25, 0.3) is 0 Å². The minimum Gasteiger partial charge on any atom is -0.493 e. The quantitative estimate of drug-likeness (QED) is 0.477. The van der Waals surface area contributed by atoms with Gasteiger partial charge in [-0.3, -0.25) is 4.79 Å². The number of hydrogen-bond acceptors (Lipinski definition) is 9. The van der Waals surface area contributed by atoms with E-state index >= 15 is 0 Å². The van der Waals surface area contributed by atoms with E-state index in [9.17, 15) is 14.7 Å². The number of likely N-dealkylation sites (N-methyl/N-ethyl adjacent to an activating group) is 1. The number of Topliss-reactive ketones (excluding diaryl/α,β-unsaturated/α-hetero) is 1.